The minimum atomic E-state index is -0.400. The Morgan fingerprint density at radius 3 is 2.41 bits per heavy atom. The Morgan fingerprint density at radius 2 is 1.62 bits per heavy atom. The second kappa shape index (κ2) is 8.77. The van der Waals surface area contributed by atoms with E-state index in [0.717, 1.165) is 5.56 Å². The third-order valence-electron chi connectivity index (χ3n) is 6.60. The molecule has 0 amide bonds. The highest BCUT2D eigenvalue weighted by Crippen LogP contribution is 2.50. The molecule has 0 aliphatic carbocycles. The number of methoxy groups -OCH3 is 3. The zero-order valence-corrected chi connectivity index (χ0v) is 20.3. The van der Waals surface area contributed by atoms with Gasteiger partial charge in [-0.05, 0) is 48.0 Å². The highest BCUT2D eigenvalue weighted by atomic mass is 16.7. The largest absolute Gasteiger partial charge is 0.493 e. The van der Waals surface area contributed by atoms with Gasteiger partial charge in [0.1, 0.15) is 11.5 Å². The highest BCUT2D eigenvalue weighted by Gasteiger charge is 2.39. The van der Waals surface area contributed by atoms with E-state index in [2.05, 4.69) is 0 Å². The summed E-state index contributed by atoms with van der Waals surface area (Å²) >= 11 is 0. The maximum atomic E-state index is 13.4. The van der Waals surface area contributed by atoms with E-state index >= 15 is 0 Å². The molecular weight excluding hydrogens is 480 g/mol. The van der Waals surface area contributed by atoms with Crippen LogP contribution in [-0.2, 0) is 4.79 Å². The number of benzene rings is 3. The highest BCUT2D eigenvalue weighted by molar-refractivity contribution is 6.15. The van der Waals surface area contributed by atoms with Crippen LogP contribution in [0.3, 0.4) is 0 Å². The fourth-order valence-electron chi connectivity index (χ4n) is 4.90. The van der Waals surface area contributed by atoms with Crippen molar-refractivity contribution in [1.82, 2.24) is 0 Å². The van der Waals surface area contributed by atoms with Gasteiger partial charge in [0.05, 0.1) is 33.3 Å². The summed E-state index contributed by atoms with van der Waals surface area (Å²) in [5, 5.41) is 0. The molecule has 3 aliphatic heterocycles. The first-order valence-electron chi connectivity index (χ1n) is 11.5. The Labute approximate surface area is 212 Å². The molecule has 0 radical (unpaired) electrons. The van der Waals surface area contributed by atoms with Crippen LogP contribution in [0.15, 0.2) is 48.2 Å². The predicted octanol–water partition coefficient (Wildman–Crippen LogP) is 4.50. The van der Waals surface area contributed by atoms with Gasteiger partial charge in [-0.1, -0.05) is 6.07 Å². The van der Waals surface area contributed by atoms with Gasteiger partial charge in [0.15, 0.2) is 28.8 Å². The molecule has 9 nitrogen and oxygen atoms in total. The first-order valence-corrected chi connectivity index (χ1v) is 11.5. The van der Waals surface area contributed by atoms with E-state index in [1.807, 2.05) is 12.1 Å². The van der Waals surface area contributed by atoms with Crippen molar-refractivity contribution in [2.75, 3.05) is 28.1 Å². The summed E-state index contributed by atoms with van der Waals surface area (Å²) in [4.78, 5) is 25.9. The zero-order chi connectivity index (χ0) is 25.7. The number of allylic oxidation sites excluding steroid dienone is 1. The van der Waals surface area contributed by atoms with E-state index in [-0.39, 0.29) is 30.7 Å². The van der Waals surface area contributed by atoms with Gasteiger partial charge in [-0.3, -0.25) is 9.59 Å². The second-order valence-electron chi connectivity index (χ2n) is 8.56. The molecule has 3 aliphatic rings. The van der Waals surface area contributed by atoms with Crippen molar-refractivity contribution in [2.24, 2.45) is 0 Å². The summed E-state index contributed by atoms with van der Waals surface area (Å²) in [6, 6.07) is 12.2. The summed E-state index contributed by atoms with van der Waals surface area (Å²) in [6.45, 7) is 0.142. The molecule has 6 rings (SSSR count). The smallest absolute Gasteiger partial charge is 0.312 e. The van der Waals surface area contributed by atoms with Crippen molar-refractivity contribution in [1.29, 1.82) is 0 Å². The molecule has 0 saturated heterocycles. The monoisotopic (exact) mass is 502 g/mol. The molecule has 0 bridgehead atoms. The Balaban J connectivity index is 1.44. The van der Waals surface area contributed by atoms with Gasteiger partial charge in [0.2, 0.25) is 18.3 Å². The molecule has 37 heavy (non-hydrogen) atoms. The van der Waals surface area contributed by atoms with E-state index in [0.29, 0.717) is 56.9 Å². The van der Waals surface area contributed by atoms with Gasteiger partial charge in [-0.25, -0.2) is 0 Å². The number of hydrogen-bond donors (Lipinski definition) is 0. The van der Waals surface area contributed by atoms with Crippen LogP contribution in [0.5, 0.6) is 40.2 Å². The van der Waals surface area contributed by atoms with Gasteiger partial charge in [0.25, 0.3) is 0 Å². The Kier molecular flexibility index (Phi) is 5.40. The van der Waals surface area contributed by atoms with Crippen LogP contribution >= 0.6 is 0 Å². The molecule has 1 unspecified atom stereocenters. The lowest BCUT2D eigenvalue weighted by Crippen LogP contribution is -2.21. The van der Waals surface area contributed by atoms with Crippen molar-refractivity contribution < 1.29 is 42.7 Å². The van der Waals surface area contributed by atoms with Crippen LogP contribution in [0.1, 0.15) is 39.4 Å². The first-order chi connectivity index (χ1) is 18.0. The summed E-state index contributed by atoms with van der Waals surface area (Å²) < 4.78 is 39.0. The van der Waals surface area contributed by atoms with Gasteiger partial charge in [0, 0.05) is 17.0 Å². The molecule has 1 atom stereocenters. The second-order valence-corrected chi connectivity index (χ2v) is 8.56. The molecule has 3 aromatic rings. The molecule has 3 heterocycles. The zero-order valence-electron chi connectivity index (χ0n) is 20.3. The van der Waals surface area contributed by atoms with Crippen LogP contribution < -0.4 is 33.2 Å². The van der Waals surface area contributed by atoms with Crippen molar-refractivity contribution in [2.45, 2.75) is 12.3 Å². The molecule has 9 heteroatoms. The van der Waals surface area contributed by atoms with Crippen molar-refractivity contribution in [3.05, 3.63) is 70.5 Å². The van der Waals surface area contributed by atoms with Gasteiger partial charge < -0.3 is 33.2 Å². The van der Waals surface area contributed by atoms with E-state index in [4.69, 9.17) is 33.2 Å². The van der Waals surface area contributed by atoms with E-state index < -0.39 is 5.92 Å². The average Bonchev–Trinajstić information content (AvgIpc) is 3.51. The molecule has 3 aromatic carbocycles. The first kappa shape index (κ1) is 22.8. The maximum Gasteiger partial charge on any atom is 0.312 e. The van der Waals surface area contributed by atoms with Crippen LogP contribution in [0.4, 0.5) is 0 Å². The third-order valence-corrected chi connectivity index (χ3v) is 6.60. The SMILES string of the molecule is COc1ccc(/C=C2\Oc3c(ccc4c3C(c3ccc5c(c3)OCO5)CC(=O)O4)C2=O)c(OC)c1OC. The molecule has 0 N–H and O–H groups in total. The lowest BCUT2D eigenvalue weighted by molar-refractivity contribution is -0.135. The quantitative estimate of drug-likeness (QED) is 0.284. The van der Waals surface area contributed by atoms with Crippen LogP contribution in [0.25, 0.3) is 6.08 Å². The Hall–Kier alpha value is -4.66. The third kappa shape index (κ3) is 3.62. The molecule has 188 valence electrons. The number of carbonyl (C=O) groups excluding carboxylic acids is 2. The van der Waals surface area contributed by atoms with Gasteiger partial charge >= 0.3 is 5.97 Å². The standard InChI is InChI=1S/C28H22O9/c1-31-20-8-5-15(26(32-2)28(20)33-3)11-22-25(30)16-6-9-19-24(27(16)37-22)17(12-23(29)36-19)14-4-7-18-21(10-14)35-13-34-18/h4-11,17H,12-13H2,1-3H3/b22-11-. The summed E-state index contributed by atoms with van der Waals surface area (Å²) in [5.74, 6) is 2.29. The minimum Gasteiger partial charge on any atom is -0.493 e. The number of rotatable bonds is 5. The fourth-order valence-corrected chi connectivity index (χ4v) is 4.90. The van der Waals surface area contributed by atoms with Crippen LogP contribution in [0, 0.1) is 0 Å². The summed E-state index contributed by atoms with van der Waals surface area (Å²) in [6.07, 6.45) is 1.68. The van der Waals surface area contributed by atoms with E-state index in [1.165, 1.54) is 21.3 Å². The van der Waals surface area contributed by atoms with Crippen molar-refractivity contribution in [3.8, 4) is 40.2 Å². The Bertz CT molecular complexity index is 1490. The van der Waals surface area contributed by atoms with Gasteiger partial charge in [-0.15, -0.1) is 0 Å². The summed E-state index contributed by atoms with van der Waals surface area (Å²) in [7, 11) is 4.54. The number of esters is 1. The van der Waals surface area contributed by atoms with E-state index in [1.54, 1.807) is 36.4 Å². The number of carbonyl (C=O) groups is 2. The maximum absolute atomic E-state index is 13.4. The number of ether oxygens (including phenoxy) is 7. The number of ketones is 1. The lowest BCUT2D eigenvalue weighted by Gasteiger charge is -2.26. The number of Topliss-reactive ketones (excluding diaryl/α,β-unsaturated/α-hetero) is 1. The lowest BCUT2D eigenvalue weighted by atomic mass is 9.84. The minimum absolute atomic E-state index is 0.0865. The number of hydrogen-bond acceptors (Lipinski definition) is 9. The predicted molar refractivity (Wildman–Crippen MR) is 130 cm³/mol. The van der Waals surface area contributed by atoms with Crippen molar-refractivity contribution in [3.63, 3.8) is 0 Å². The molecular formula is C28H22O9. The molecule has 0 spiro atoms. The van der Waals surface area contributed by atoms with E-state index in [9.17, 15) is 9.59 Å². The number of fused-ring (bicyclic) bond motifs is 4. The van der Waals surface area contributed by atoms with Crippen molar-refractivity contribution >= 4 is 17.8 Å². The normalized spacial score (nSPS) is 18.1. The molecule has 0 fully saturated rings. The summed E-state index contributed by atoms with van der Waals surface area (Å²) in [5.41, 5.74) is 2.41. The molecule has 0 aromatic heterocycles. The average molecular weight is 502 g/mol. The molecule has 0 saturated carbocycles. The van der Waals surface area contributed by atoms with Crippen LogP contribution in [-0.4, -0.2) is 39.9 Å². The van der Waals surface area contributed by atoms with Gasteiger partial charge in [-0.2, -0.15) is 0 Å². The topological polar surface area (TPSA) is 98.8 Å². The Morgan fingerprint density at radius 1 is 0.838 bits per heavy atom. The van der Waals surface area contributed by atoms with Crippen LogP contribution in [0.2, 0.25) is 0 Å². The fraction of sp³-hybridized carbons (Fsp3) is 0.214.